The van der Waals surface area contributed by atoms with E-state index in [0.29, 0.717) is 5.56 Å². The van der Waals surface area contributed by atoms with Crippen LogP contribution in [0.25, 0.3) is 5.65 Å². The van der Waals surface area contributed by atoms with Crippen molar-refractivity contribution in [1.29, 1.82) is 0 Å². The molecule has 2 aromatic heterocycles. The third-order valence-electron chi connectivity index (χ3n) is 3.92. The molecule has 1 atom stereocenters. The number of hydrogen-bond acceptors (Lipinski definition) is 9. The van der Waals surface area contributed by atoms with E-state index in [-0.39, 0.29) is 34.9 Å². The number of carbonyl (C=O) groups is 3. The molecule has 2 heterocycles. The topological polar surface area (TPSA) is 172 Å². The van der Waals surface area contributed by atoms with Gasteiger partial charge in [0.25, 0.3) is 0 Å². The number of esters is 2. The zero-order valence-electron chi connectivity index (χ0n) is 16.5. The fraction of sp³-hybridized carbons (Fsp3) is 0.211. The van der Waals surface area contributed by atoms with E-state index in [1.807, 2.05) is 19.1 Å². The maximum absolute atomic E-state index is 11.5. The van der Waals surface area contributed by atoms with Crippen LogP contribution in [0.2, 0.25) is 0 Å². The molecular weight excluding hydrogens is 394 g/mol. The first-order valence-electron chi connectivity index (χ1n) is 8.59. The Morgan fingerprint density at radius 1 is 1.07 bits per heavy atom. The van der Waals surface area contributed by atoms with Crippen molar-refractivity contribution in [3.8, 4) is 0 Å². The Labute approximate surface area is 171 Å². The number of benzene rings is 1. The highest BCUT2D eigenvalue weighted by atomic mass is 16.5. The maximum Gasteiger partial charge on any atom is 0.356 e. The predicted octanol–water partition coefficient (Wildman–Crippen LogP) is 1.29. The number of carboxylic acid groups (broad SMARTS) is 1. The summed E-state index contributed by atoms with van der Waals surface area (Å²) in [4.78, 5) is 37.1. The minimum Gasteiger partial charge on any atom is -0.477 e. The standard InChI is InChI=1S/C10H13NO2.C9H8N4O4/c1-7(11)8-3-5-9(6-4-8)10(12)13-2;1-17-9(16)5-2-4(8(14)15)11-7-3-6(10)12-13(5)7/h3-7H,11H2,1-2H3;2-3H,1H3,(H2,10,12)(H,14,15)/t7-;/m1./s1. The lowest BCUT2D eigenvalue weighted by atomic mass is 10.1. The van der Waals surface area contributed by atoms with Crippen LogP contribution in [-0.4, -0.2) is 51.8 Å². The zero-order valence-corrected chi connectivity index (χ0v) is 16.5. The fourth-order valence-corrected chi connectivity index (χ4v) is 2.39. The number of methoxy groups -OCH3 is 2. The summed E-state index contributed by atoms with van der Waals surface area (Å²) in [6.45, 7) is 1.90. The molecule has 0 amide bonds. The molecule has 0 saturated heterocycles. The minimum atomic E-state index is -1.25. The van der Waals surface area contributed by atoms with E-state index >= 15 is 0 Å². The maximum atomic E-state index is 11.5. The Hall–Kier alpha value is -3.99. The first kappa shape index (κ1) is 22.3. The van der Waals surface area contributed by atoms with Gasteiger partial charge >= 0.3 is 17.9 Å². The fourth-order valence-electron chi connectivity index (χ4n) is 2.39. The lowest BCUT2D eigenvalue weighted by Crippen LogP contribution is -2.13. The third kappa shape index (κ3) is 5.08. The van der Waals surface area contributed by atoms with E-state index in [0.717, 1.165) is 16.1 Å². The monoisotopic (exact) mass is 415 g/mol. The number of nitrogen functional groups attached to an aromatic ring is 1. The van der Waals surface area contributed by atoms with Gasteiger partial charge in [-0.25, -0.2) is 23.9 Å². The molecule has 0 radical (unpaired) electrons. The number of fused-ring (bicyclic) bond motifs is 1. The average molecular weight is 415 g/mol. The van der Waals surface area contributed by atoms with Gasteiger partial charge in [-0.15, -0.1) is 5.10 Å². The summed E-state index contributed by atoms with van der Waals surface area (Å²) >= 11 is 0. The SMILES string of the molecule is COC(=O)c1cc(C(=O)O)nc2cc(N)nn12.COC(=O)c1ccc([C@@H](C)N)cc1. The summed E-state index contributed by atoms with van der Waals surface area (Å²) < 4.78 is 10.2. The number of nitrogens with zero attached hydrogens (tertiary/aromatic N) is 3. The van der Waals surface area contributed by atoms with Gasteiger partial charge in [-0.05, 0) is 24.6 Å². The normalized spacial score (nSPS) is 11.2. The molecule has 3 rings (SSSR count). The van der Waals surface area contributed by atoms with Crippen molar-refractivity contribution in [2.45, 2.75) is 13.0 Å². The molecule has 1 aromatic carbocycles. The Morgan fingerprint density at radius 3 is 2.17 bits per heavy atom. The lowest BCUT2D eigenvalue weighted by molar-refractivity contribution is 0.0585. The van der Waals surface area contributed by atoms with Crippen molar-refractivity contribution in [2.75, 3.05) is 20.0 Å². The Balaban J connectivity index is 0.000000222. The van der Waals surface area contributed by atoms with Gasteiger partial charge in [-0.2, -0.15) is 0 Å². The van der Waals surface area contributed by atoms with Gasteiger partial charge in [-0.3, -0.25) is 0 Å². The average Bonchev–Trinajstić information content (AvgIpc) is 3.12. The lowest BCUT2D eigenvalue weighted by Gasteiger charge is -2.05. The Bertz CT molecular complexity index is 1070. The number of ether oxygens (including phenoxy) is 2. The molecule has 0 fully saturated rings. The van der Waals surface area contributed by atoms with Crippen LogP contribution in [0.4, 0.5) is 5.82 Å². The summed E-state index contributed by atoms with van der Waals surface area (Å²) in [5.74, 6) is -2.16. The van der Waals surface area contributed by atoms with E-state index in [4.69, 9.17) is 16.6 Å². The molecule has 30 heavy (non-hydrogen) atoms. The molecule has 5 N–H and O–H groups in total. The largest absolute Gasteiger partial charge is 0.477 e. The molecular formula is C19H21N5O6. The first-order chi connectivity index (χ1) is 14.2. The van der Waals surface area contributed by atoms with Crippen molar-refractivity contribution in [1.82, 2.24) is 14.6 Å². The van der Waals surface area contributed by atoms with Crippen LogP contribution in [0.1, 0.15) is 49.9 Å². The summed E-state index contributed by atoms with van der Waals surface area (Å²) in [6, 6.07) is 9.52. The van der Waals surface area contributed by atoms with Crippen molar-refractivity contribution >= 4 is 29.4 Å². The second-order valence-corrected chi connectivity index (χ2v) is 6.06. The molecule has 0 spiro atoms. The van der Waals surface area contributed by atoms with Gasteiger partial charge in [0, 0.05) is 18.2 Å². The first-order valence-corrected chi connectivity index (χ1v) is 8.59. The number of hydrogen-bond donors (Lipinski definition) is 3. The molecule has 0 unspecified atom stereocenters. The highest BCUT2D eigenvalue weighted by Gasteiger charge is 2.18. The number of anilines is 1. The van der Waals surface area contributed by atoms with Crippen molar-refractivity contribution in [2.24, 2.45) is 5.73 Å². The molecule has 0 saturated carbocycles. The van der Waals surface area contributed by atoms with E-state index in [1.165, 1.54) is 20.3 Å². The van der Waals surface area contributed by atoms with Crippen LogP contribution in [0.5, 0.6) is 0 Å². The van der Waals surface area contributed by atoms with Crippen LogP contribution in [0.3, 0.4) is 0 Å². The van der Waals surface area contributed by atoms with Crippen LogP contribution in [-0.2, 0) is 9.47 Å². The quantitative estimate of drug-likeness (QED) is 0.527. The van der Waals surface area contributed by atoms with Gasteiger partial charge in [0.1, 0.15) is 5.82 Å². The zero-order chi connectivity index (χ0) is 22.4. The summed E-state index contributed by atoms with van der Waals surface area (Å²) in [5, 5.41) is 12.7. The second-order valence-electron chi connectivity index (χ2n) is 6.06. The number of rotatable bonds is 4. The molecule has 3 aromatic rings. The molecule has 158 valence electrons. The highest BCUT2D eigenvalue weighted by molar-refractivity contribution is 5.93. The number of nitrogens with two attached hydrogens (primary N) is 2. The second kappa shape index (κ2) is 9.47. The Kier molecular flexibility index (Phi) is 7.04. The van der Waals surface area contributed by atoms with E-state index in [9.17, 15) is 14.4 Å². The van der Waals surface area contributed by atoms with E-state index in [2.05, 4.69) is 19.6 Å². The minimum absolute atomic E-state index is 0.00769. The smallest absolute Gasteiger partial charge is 0.356 e. The summed E-state index contributed by atoms with van der Waals surface area (Å²) in [7, 11) is 2.55. The highest BCUT2D eigenvalue weighted by Crippen LogP contribution is 2.12. The molecule has 0 aliphatic rings. The van der Waals surface area contributed by atoms with Gasteiger partial charge in [-0.1, -0.05) is 12.1 Å². The molecule has 0 bridgehead atoms. The van der Waals surface area contributed by atoms with Gasteiger partial charge < -0.3 is 26.0 Å². The molecule has 0 aliphatic carbocycles. The van der Waals surface area contributed by atoms with Crippen molar-refractivity contribution in [3.05, 3.63) is 58.9 Å². The Morgan fingerprint density at radius 2 is 1.67 bits per heavy atom. The van der Waals surface area contributed by atoms with E-state index in [1.54, 1.807) is 12.1 Å². The van der Waals surface area contributed by atoms with Crippen LogP contribution >= 0.6 is 0 Å². The molecule has 11 nitrogen and oxygen atoms in total. The van der Waals surface area contributed by atoms with Crippen LogP contribution < -0.4 is 11.5 Å². The summed E-state index contributed by atoms with van der Waals surface area (Å²) in [6.07, 6.45) is 0. The van der Waals surface area contributed by atoms with Crippen molar-refractivity contribution < 1.29 is 29.0 Å². The number of carbonyl (C=O) groups excluding carboxylic acids is 2. The number of carboxylic acids is 1. The van der Waals surface area contributed by atoms with Gasteiger partial charge in [0.2, 0.25) is 0 Å². The van der Waals surface area contributed by atoms with Gasteiger partial charge in [0.05, 0.1) is 19.8 Å². The van der Waals surface area contributed by atoms with Crippen LogP contribution in [0, 0.1) is 0 Å². The van der Waals surface area contributed by atoms with Crippen molar-refractivity contribution in [3.63, 3.8) is 0 Å². The number of aromatic nitrogens is 3. The van der Waals surface area contributed by atoms with Crippen LogP contribution in [0.15, 0.2) is 36.4 Å². The molecule has 11 heteroatoms. The van der Waals surface area contributed by atoms with E-state index < -0.39 is 11.9 Å². The molecule has 0 aliphatic heterocycles. The third-order valence-corrected chi connectivity index (χ3v) is 3.92. The summed E-state index contributed by atoms with van der Waals surface area (Å²) in [5.41, 5.74) is 12.5. The van der Waals surface area contributed by atoms with Gasteiger partial charge in [0.15, 0.2) is 17.0 Å². The number of aromatic carboxylic acids is 1. The predicted molar refractivity (Wildman–Crippen MR) is 106 cm³/mol.